The summed E-state index contributed by atoms with van der Waals surface area (Å²) in [6.07, 6.45) is 4.20. The smallest absolute Gasteiger partial charge is 0.200 e. The fourth-order valence-corrected chi connectivity index (χ4v) is 2.39. The van der Waals surface area contributed by atoms with Crippen molar-refractivity contribution < 1.29 is 13.9 Å². The largest absolute Gasteiger partial charge is 0.505 e. The molecule has 1 aromatic rings. The van der Waals surface area contributed by atoms with Gasteiger partial charge in [0.25, 0.3) is 0 Å². The maximum Gasteiger partial charge on any atom is 0.200 e. The monoisotopic (exact) mass is 227 g/mol. The van der Waals surface area contributed by atoms with E-state index in [4.69, 9.17) is 5.73 Å². The molecule has 88 valence electrons. The van der Waals surface area contributed by atoms with Crippen LogP contribution in [-0.2, 0) is 0 Å². The SMILES string of the molecule is N[C@H](c1ccc(F)c(F)c1O)C1CCCC1. The first kappa shape index (κ1) is 11.3. The molecule has 3 N–H and O–H groups in total. The highest BCUT2D eigenvalue weighted by atomic mass is 19.2. The third-order valence-electron chi connectivity index (χ3n) is 3.37. The summed E-state index contributed by atoms with van der Waals surface area (Å²) >= 11 is 0. The quantitative estimate of drug-likeness (QED) is 0.816. The fourth-order valence-electron chi connectivity index (χ4n) is 2.39. The van der Waals surface area contributed by atoms with Gasteiger partial charge in [0, 0.05) is 11.6 Å². The Morgan fingerprint density at radius 2 is 1.88 bits per heavy atom. The van der Waals surface area contributed by atoms with E-state index in [1.54, 1.807) is 0 Å². The standard InChI is InChI=1S/C12H15F2NO/c13-9-6-5-8(12(16)10(9)14)11(15)7-3-1-2-4-7/h5-7,11,16H,1-4,15H2/t11-/m0/s1. The van der Waals surface area contributed by atoms with Crippen molar-refractivity contribution in [1.82, 2.24) is 0 Å². The predicted octanol–water partition coefficient (Wildman–Crippen LogP) is 2.86. The van der Waals surface area contributed by atoms with E-state index < -0.39 is 23.4 Å². The van der Waals surface area contributed by atoms with Crippen LogP contribution in [-0.4, -0.2) is 5.11 Å². The molecule has 1 aromatic carbocycles. The van der Waals surface area contributed by atoms with Crippen LogP contribution < -0.4 is 5.73 Å². The van der Waals surface area contributed by atoms with Crippen molar-refractivity contribution in [3.8, 4) is 5.75 Å². The third kappa shape index (κ3) is 1.89. The Labute approximate surface area is 93.1 Å². The Morgan fingerprint density at radius 1 is 1.25 bits per heavy atom. The highest BCUT2D eigenvalue weighted by Gasteiger charge is 2.26. The topological polar surface area (TPSA) is 46.2 Å². The number of hydrogen-bond donors (Lipinski definition) is 2. The van der Waals surface area contributed by atoms with E-state index in [9.17, 15) is 13.9 Å². The number of hydrogen-bond acceptors (Lipinski definition) is 2. The van der Waals surface area contributed by atoms with Crippen molar-refractivity contribution in [2.24, 2.45) is 11.7 Å². The van der Waals surface area contributed by atoms with Crippen molar-refractivity contribution in [2.45, 2.75) is 31.7 Å². The molecule has 1 aliphatic carbocycles. The molecular weight excluding hydrogens is 212 g/mol. The first-order valence-corrected chi connectivity index (χ1v) is 5.53. The third-order valence-corrected chi connectivity index (χ3v) is 3.37. The van der Waals surface area contributed by atoms with Gasteiger partial charge in [0.05, 0.1) is 0 Å². The second-order valence-corrected chi connectivity index (χ2v) is 4.37. The minimum atomic E-state index is -1.20. The lowest BCUT2D eigenvalue weighted by molar-refractivity contribution is 0.377. The average Bonchev–Trinajstić information content (AvgIpc) is 2.79. The normalized spacial score (nSPS) is 18.9. The lowest BCUT2D eigenvalue weighted by Gasteiger charge is -2.20. The first-order valence-electron chi connectivity index (χ1n) is 5.53. The molecule has 0 radical (unpaired) electrons. The van der Waals surface area contributed by atoms with Crippen LogP contribution in [0.4, 0.5) is 8.78 Å². The van der Waals surface area contributed by atoms with Crippen LogP contribution in [0.5, 0.6) is 5.75 Å². The zero-order valence-electron chi connectivity index (χ0n) is 8.92. The van der Waals surface area contributed by atoms with Crippen LogP contribution in [0.3, 0.4) is 0 Å². The second kappa shape index (κ2) is 4.37. The summed E-state index contributed by atoms with van der Waals surface area (Å²) in [4.78, 5) is 0. The number of phenolic OH excluding ortho intramolecular Hbond substituents is 1. The molecule has 1 atom stereocenters. The Hall–Kier alpha value is -1.16. The van der Waals surface area contributed by atoms with Crippen molar-refractivity contribution in [3.05, 3.63) is 29.3 Å². The maximum atomic E-state index is 13.2. The number of aromatic hydroxyl groups is 1. The molecule has 1 saturated carbocycles. The molecule has 0 amide bonds. The molecule has 1 fully saturated rings. The molecule has 0 saturated heterocycles. The summed E-state index contributed by atoms with van der Waals surface area (Å²) in [5, 5.41) is 9.51. The van der Waals surface area contributed by atoms with E-state index >= 15 is 0 Å². The van der Waals surface area contributed by atoms with Crippen molar-refractivity contribution in [1.29, 1.82) is 0 Å². The van der Waals surface area contributed by atoms with Gasteiger partial charge in [-0.05, 0) is 24.8 Å². The first-order chi connectivity index (χ1) is 7.61. The minimum Gasteiger partial charge on any atom is -0.505 e. The van der Waals surface area contributed by atoms with Crippen molar-refractivity contribution in [2.75, 3.05) is 0 Å². The van der Waals surface area contributed by atoms with Crippen molar-refractivity contribution >= 4 is 0 Å². The van der Waals surface area contributed by atoms with Gasteiger partial charge in [0.2, 0.25) is 5.82 Å². The molecule has 16 heavy (non-hydrogen) atoms. The lowest BCUT2D eigenvalue weighted by atomic mass is 9.92. The van der Waals surface area contributed by atoms with Gasteiger partial charge < -0.3 is 10.8 Å². The average molecular weight is 227 g/mol. The number of nitrogens with two attached hydrogens (primary N) is 1. The molecular formula is C12H15F2NO. The number of benzene rings is 1. The molecule has 0 aromatic heterocycles. The fraction of sp³-hybridized carbons (Fsp3) is 0.500. The Kier molecular flexibility index (Phi) is 3.10. The van der Waals surface area contributed by atoms with Gasteiger partial charge in [0.15, 0.2) is 11.6 Å². The summed E-state index contributed by atoms with van der Waals surface area (Å²) in [5.74, 6) is -2.62. The zero-order valence-corrected chi connectivity index (χ0v) is 8.92. The van der Waals surface area contributed by atoms with Gasteiger partial charge in [-0.25, -0.2) is 4.39 Å². The summed E-state index contributed by atoms with van der Waals surface area (Å²) in [5.41, 5.74) is 6.28. The highest BCUT2D eigenvalue weighted by Crippen LogP contribution is 2.38. The zero-order chi connectivity index (χ0) is 11.7. The highest BCUT2D eigenvalue weighted by molar-refractivity contribution is 5.37. The number of phenols is 1. The predicted molar refractivity (Wildman–Crippen MR) is 56.9 cm³/mol. The molecule has 0 aliphatic heterocycles. The van der Waals surface area contributed by atoms with E-state index in [1.165, 1.54) is 6.07 Å². The van der Waals surface area contributed by atoms with Gasteiger partial charge in [0.1, 0.15) is 0 Å². The molecule has 2 nitrogen and oxygen atoms in total. The number of halogens is 2. The summed E-state index contributed by atoms with van der Waals surface area (Å²) in [6.45, 7) is 0. The van der Waals surface area contributed by atoms with E-state index in [0.717, 1.165) is 31.7 Å². The molecule has 0 bridgehead atoms. The van der Waals surface area contributed by atoms with E-state index in [1.807, 2.05) is 0 Å². The lowest BCUT2D eigenvalue weighted by Crippen LogP contribution is -2.19. The van der Waals surface area contributed by atoms with Gasteiger partial charge in [-0.2, -0.15) is 4.39 Å². The summed E-state index contributed by atoms with van der Waals surface area (Å²) in [6, 6.07) is 1.98. The minimum absolute atomic E-state index is 0.260. The molecule has 4 heteroatoms. The Balaban J connectivity index is 2.29. The van der Waals surface area contributed by atoms with Gasteiger partial charge in [-0.3, -0.25) is 0 Å². The Morgan fingerprint density at radius 3 is 2.50 bits per heavy atom. The van der Waals surface area contributed by atoms with Crippen LogP contribution in [0, 0.1) is 17.6 Å². The van der Waals surface area contributed by atoms with Gasteiger partial charge >= 0.3 is 0 Å². The molecule has 0 unspecified atom stereocenters. The van der Waals surface area contributed by atoms with Gasteiger partial charge in [-0.15, -0.1) is 0 Å². The number of rotatable bonds is 2. The van der Waals surface area contributed by atoms with Crippen LogP contribution >= 0.6 is 0 Å². The summed E-state index contributed by atoms with van der Waals surface area (Å²) in [7, 11) is 0. The van der Waals surface area contributed by atoms with Gasteiger partial charge in [-0.1, -0.05) is 18.9 Å². The van der Waals surface area contributed by atoms with Crippen LogP contribution in [0.1, 0.15) is 37.3 Å². The van der Waals surface area contributed by atoms with E-state index in [0.29, 0.717) is 5.56 Å². The van der Waals surface area contributed by atoms with E-state index in [-0.39, 0.29) is 5.92 Å². The molecule has 0 spiro atoms. The van der Waals surface area contributed by atoms with E-state index in [2.05, 4.69) is 0 Å². The van der Waals surface area contributed by atoms with Crippen LogP contribution in [0.2, 0.25) is 0 Å². The summed E-state index contributed by atoms with van der Waals surface area (Å²) < 4.78 is 26.0. The molecule has 0 heterocycles. The van der Waals surface area contributed by atoms with Crippen LogP contribution in [0.15, 0.2) is 12.1 Å². The molecule has 1 aliphatic rings. The second-order valence-electron chi connectivity index (χ2n) is 4.37. The van der Waals surface area contributed by atoms with Crippen molar-refractivity contribution in [3.63, 3.8) is 0 Å². The maximum absolute atomic E-state index is 13.2. The van der Waals surface area contributed by atoms with Crippen LogP contribution in [0.25, 0.3) is 0 Å². The Bertz CT molecular complexity index is 389. The molecule has 2 rings (SSSR count).